The van der Waals surface area contributed by atoms with Gasteiger partial charge in [-0.15, -0.1) is 0 Å². The van der Waals surface area contributed by atoms with Crippen LogP contribution in [0.4, 0.5) is 5.69 Å². The maximum absolute atomic E-state index is 9.81. The van der Waals surface area contributed by atoms with Crippen LogP contribution in [0.2, 0.25) is 0 Å². The fourth-order valence-electron chi connectivity index (χ4n) is 2.97. The molecular weight excluding hydrogens is 236 g/mol. The SMILES string of the molecule is C[C@H]1C[C@H](O)CN1c1ccc(C#N)c2ccccc12. The van der Waals surface area contributed by atoms with Crippen molar-refractivity contribution in [3.05, 3.63) is 42.0 Å². The lowest BCUT2D eigenvalue weighted by molar-refractivity contribution is 0.195. The minimum absolute atomic E-state index is 0.260. The molecule has 0 aliphatic carbocycles. The van der Waals surface area contributed by atoms with Gasteiger partial charge in [-0.05, 0) is 25.5 Å². The Bertz CT molecular complexity index is 659. The number of benzene rings is 2. The van der Waals surface area contributed by atoms with Crippen molar-refractivity contribution in [3.8, 4) is 6.07 Å². The minimum Gasteiger partial charge on any atom is -0.391 e. The van der Waals surface area contributed by atoms with E-state index in [4.69, 9.17) is 0 Å². The zero-order chi connectivity index (χ0) is 13.4. The molecule has 0 radical (unpaired) electrons. The first-order chi connectivity index (χ1) is 9.20. The summed E-state index contributed by atoms with van der Waals surface area (Å²) in [7, 11) is 0. The van der Waals surface area contributed by atoms with E-state index in [-0.39, 0.29) is 6.10 Å². The molecule has 1 N–H and O–H groups in total. The van der Waals surface area contributed by atoms with Gasteiger partial charge in [0.25, 0.3) is 0 Å². The number of hydrogen-bond acceptors (Lipinski definition) is 3. The summed E-state index contributed by atoms with van der Waals surface area (Å²) < 4.78 is 0. The van der Waals surface area contributed by atoms with E-state index in [9.17, 15) is 10.4 Å². The maximum Gasteiger partial charge on any atom is 0.0998 e. The Balaban J connectivity index is 2.18. The van der Waals surface area contributed by atoms with E-state index in [1.165, 1.54) is 0 Å². The van der Waals surface area contributed by atoms with E-state index in [1.54, 1.807) is 0 Å². The molecule has 1 heterocycles. The van der Waals surface area contributed by atoms with Crippen molar-refractivity contribution < 1.29 is 5.11 Å². The number of nitrogens with zero attached hydrogens (tertiary/aromatic N) is 2. The van der Waals surface area contributed by atoms with Crippen LogP contribution in [0, 0.1) is 11.3 Å². The Morgan fingerprint density at radius 1 is 1.21 bits per heavy atom. The molecule has 0 aromatic heterocycles. The van der Waals surface area contributed by atoms with Crippen molar-refractivity contribution in [2.24, 2.45) is 0 Å². The fourth-order valence-corrected chi connectivity index (χ4v) is 2.97. The van der Waals surface area contributed by atoms with Crippen molar-refractivity contribution in [2.75, 3.05) is 11.4 Å². The van der Waals surface area contributed by atoms with E-state index >= 15 is 0 Å². The van der Waals surface area contributed by atoms with Gasteiger partial charge < -0.3 is 10.0 Å². The molecular formula is C16H16N2O. The number of rotatable bonds is 1. The first-order valence-electron chi connectivity index (χ1n) is 6.57. The zero-order valence-electron chi connectivity index (χ0n) is 10.9. The van der Waals surface area contributed by atoms with Gasteiger partial charge in [0.2, 0.25) is 0 Å². The van der Waals surface area contributed by atoms with E-state index in [0.717, 1.165) is 22.9 Å². The predicted octanol–water partition coefficient (Wildman–Crippen LogP) is 2.67. The lowest BCUT2D eigenvalue weighted by Crippen LogP contribution is -2.27. The smallest absolute Gasteiger partial charge is 0.0998 e. The van der Waals surface area contributed by atoms with Crippen LogP contribution in [0.25, 0.3) is 10.8 Å². The number of β-amino-alcohol motifs (C(OH)–C–C–N with tert-alkyl or cyclic N) is 1. The largest absolute Gasteiger partial charge is 0.391 e. The third-order valence-electron chi connectivity index (χ3n) is 3.88. The standard InChI is InChI=1S/C16H16N2O/c1-11-8-13(19)10-18(11)16-7-6-12(9-17)14-4-2-3-5-15(14)16/h2-7,11,13,19H,8,10H2,1H3/t11-,13-/m0/s1. The fraction of sp³-hybridized carbons (Fsp3) is 0.312. The lowest BCUT2D eigenvalue weighted by atomic mass is 10.0. The van der Waals surface area contributed by atoms with Gasteiger partial charge in [-0.25, -0.2) is 0 Å². The number of fused-ring (bicyclic) bond motifs is 1. The normalized spacial score (nSPS) is 22.7. The van der Waals surface area contributed by atoms with E-state index in [1.807, 2.05) is 36.4 Å². The maximum atomic E-state index is 9.81. The molecule has 1 aliphatic rings. The van der Waals surface area contributed by atoms with Gasteiger partial charge >= 0.3 is 0 Å². The summed E-state index contributed by atoms with van der Waals surface area (Å²) in [6.07, 6.45) is 0.540. The van der Waals surface area contributed by atoms with Crippen molar-refractivity contribution in [1.29, 1.82) is 5.26 Å². The molecule has 2 aromatic rings. The molecule has 3 heteroatoms. The summed E-state index contributed by atoms with van der Waals surface area (Å²) in [6, 6.07) is 14.4. The molecule has 96 valence electrons. The first-order valence-corrected chi connectivity index (χ1v) is 6.57. The molecule has 0 amide bonds. The highest BCUT2D eigenvalue weighted by molar-refractivity contribution is 5.98. The average Bonchev–Trinajstić information content (AvgIpc) is 2.76. The Hall–Kier alpha value is -2.05. The Kier molecular flexibility index (Phi) is 2.88. The van der Waals surface area contributed by atoms with Crippen LogP contribution in [0.3, 0.4) is 0 Å². The summed E-state index contributed by atoms with van der Waals surface area (Å²) in [5, 5.41) is 21.1. The van der Waals surface area contributed by atoms with E-state index < -0.39 is 0 Å². The highest BCUT2D eigenvalue weighted by Gasteiger charge is 2.28. The summed E-state index contributed by atoms with van der Waals surface area (Å²) in [4.78, 5) is 2.23. The lowest BCUT2D eigenvalue weighted by Gasteiger charge is -2.25. The van der Waals surface area contributed by atoms with Gasteiger partial charge in [0.15, 0.2) is 0 Å². The molecule has 2 aromatic carbocycles. The van der Waals surface area contributed by atoms with Gasteiger partial charge in [-0.1, -0.05) is 24.3 Å². The van der Waals surface area contributed by atoms with Crippen LogP contribution in [-0.2, 0) is 0 Å². The number of hydrogen-bond donors (Lipinski definition) is 1. The number of anilines is 1. The molecule has 0 spiro atoms. The second-order valence-corrected chi connectivity index (χ2v) is 5.18. The zero-order valence-corrected chi connectivity index (χ0v) is 10.9. The Morgan fingerprint density at radius 2 is 1.95 bits per heavy atom. The molecule has 19 heavy (non-hydrogen) atoms. The second-order valence-electron chi connectivity index (χ2n) is 5.18. The van der Waals surface area contributed by atoms with Crippen LogP contribution >= 0.6 is 0 Å². The Labute approximate surface area is 112 Å². The van der Waals surface area contributed by atoms with Crippen LogP contribution < -0.4 is 4.90 Å². The first kappa shape index (κ1) is 12.0. The Morgan fingerprint density at radius 3 is 2.58 bits per heavy atom. The van der Waals surface area contributed by atoms with Crippen LogP contribution in [0.15, 0.2) is 36.4 Å². The quantitative estimate of drug-likeness (QED) is 0.848. The van der Waals surface area contributed by atoms with Gasteiger partial charge in [-0.2, -0.15) is 5.26 Å². The molecule has 0 saturated carbocycles. The van der Waals surface area contributed by atoms with Crippen molar-refractivity contribution in [3.63, 3.8) is 0 Å². The van der Waals surface area contributed by atoms with Crippen LogP contribution in [-0.4, -0.2) is 23.8 Å². The van der Waals surface area contributed by atoms with Crippen molar-refractivity contribution in [2.45, 2.75) is 25.5 Å². The average molecular weight is 252 g/mol. The van der Waals surface area contributed by atoms with Crippen molar-refractivity contribution >= 4 is 16.5 Å². The molecule has 0 unspecified atom stereocenters. The third-order valence-corrected chi connectivity index (χ3v) is 3.88. The predicted molar refractivity (Wildman–Crippen MR) is 76.1 cm³/mol. The number of nitriles is 1. The molecule has 1 fully saturated rings. The van der Waals surface area contributed by atoms with Gasteiger partial charge in [0, 0.05) is 29.0 Å². The summed E-state index contributed by atoms with van der Waals surface area (Å²) in [5.74, 6) is 0. The van der Waals surface area contributed by atoms with E-state index in [2.05, 4.69) is 17.9 Å². The van der Waals surface area contributed by atoms with Gasteiger partial charge in [0.05, 0.1) is 17.7 Å². The van der Waals surface area contributed by atoms with E-state index in [0.29, 0.717) is 18.2 Å². The van der Waals surface area contributed by atoms with Crippen LogP contribution in [0.5, 0.6) is 0 Å². The second kappa shape index (κ2) is 4.56. The molecule has 1 saturated heterocycles. The van der Waals surface area contributed by atoms with Crippen molar-refractivity contribution in [1.82, 2.24) is 0 Å². The molecule has 1 aliphatic heterocycles. The van der Waals surface area contributed by atoms with Crippen LogP contribution in [0.1, 0.15) is 18.9 Å². The topological polar surface area (TPSA) is 47.3 Å². The summed E-state index contributed by atoms with van der Waals surface area (Å²) >= 11 is 0. The molecule has 0 bridgehead atoms. The molecule has 3 nitrogen and oxygen atoms in total. The number of aliphatic hydroxyl groups is 1. The highest BCUT2D eigenvalue weighted by atomic mass is 16.3. The number of aliphatic hydroxyl groups excluding tert-OH is 1. The minimum atomic E-state index is -0.260. The van der Waals surface area contributed by atoms with Gasteiger partial charge in [0.1, 0.15) is 0 Å². The third kappa shape index (κ3) is 1.94. The molecule has 3 rings (SSSR count). The monoisotopic (exact) mass is 252 g/mol. The van der Waals surface area contributed by atoms with Gasteiger partial charge in [-0.3, -0.25) is 0 Å². The molecule has 2 atom stereocenters. The summed E-state index contributed by atoms with van der Waals surface area (Å²) in [6.45, 7) is 2.79. The highest BCUT2D eigenvalue weighted by Crippen LogP contribution is 2.33. The summed E-state index contributed by atoms with van der Waals surface area (Å²) in [5.41, 5.74) is 1.81.